The molecule has 3 N–H and O–H groups in total. The van der Waals surface area contributed by atoms with Crippen molar-refractivity contribution in [2.24, 2.45) is 0 Å². The molecule has 0 saturated heterocycles. The zero-order valence-electron chi connectivity index (χ0n) is 11.0. The van der Waals surface area contributed by atoms with Crippen molar-refractivity contribution in [1.82, 2.24) is 0 Å². The quantitative estimate of drug-likeness (QED) is 0.843. The fraction of sp³-hybridized carbons (Fsp3) is 0.133. The smallest absolute Gasteiger partial charge is 0.255 e. The van der Waals surface area contributed by atoms with Crippen LogP contribution in [-0.4, -0.2) is 13.0 Å². The van der Waals surface area contributed by atoms with Crippen LogP contribution in [-0.2, 0) is 11.3 Å². The molecule has 0 spiro atoms. The molecule has 104 valence electrons. The van der Waals surface area contributed by atoms with Gasteiger partial charge in [-0.05, 0) is 24.3 Å². The number of benzene rings is 2. The first kappa shape index (κ1) is 14.0. The minimum Gasteiger partial charge on any atom is -0.399 e. The number of nitrogen functional groups attached to an aromatic ring is 1. The van der Waals surface area contributed by atoms with E-state index in [1.165, 1.54) is 6.07 Å². The van der Waals surface area contributed by atoms with Gasteiger partial charge in [-0.1, -0.05) is 18.2 Å². The van der Waals surface area contributed by atoms with E-state index in [0.29, 0.717) is 12.3 Å². The molecule has 2 aromatic rings. The first-order valence-electron chi connectivity index (χ1n) is 6.04. The summed E-state index contributed by atoms with van der Waals surface area (Å²) in [6.45, 7) is 0.377. The van der Waals surface area contributed by atoms with Crippen LogP contribution in [0.1, 0.15) is 15.9 Å². The number of hydrogen-bond acceptors (Lipinski definition) is 3. The Balaban J connectivity index is 2.23. The first-order valence-corrected chi connectivity index (χ1v) is 6.04. The molecule has 2 rings (SSSR count). The normalized spacial score (nSPS) is 10.3. The number of amides is 1. The van der Waals surface area contributed by atoms with E-state index in [0.717, 1.165) is 17.7 Å². The van der Waals surface area contributed by atoms with E-state index in [-0.39, 0.29) is 11.3 Å². The summed E-state index contributed by atoms with van der Waals surface area (Å²) in [5.41, 5.74) is 7.38. The van der Waals surface area contributed by atoms with Crippen LogP contribution in [0.2, 0.25) is 0 Å². The fourth-order valence-corrected chi connectivity index (χ4v) is 1.86. The third-order valence-electron chi connectivity index (χ3n) is 2.75. The van der Waals surface area contributed by atoms with E-state index in [2.05, 4.69) is 5.32 Å². The number of methoxy groups -OCH3 is 1. The molecule has 5 heteroatoms. The van der Waals surface area contributed by atoms with E-state index in [9.17, 15) is 9.18 Å². The number of carbonyl (C=O) groups is 1. The van der Waals surface area contributed by atoms with Crippen molar-refractivity contribution in [1.29, 1.82) is 0 Å². The number of halogens is 1. The van der Waals surface area contributed by atoms with E-state index >= 15 is 0 Å². The topological polar surface area (TPSA) is 64.3 Å². The van der Waals surface area contributed by atoms with Gasteiger partial charge in [-0.15, -0.1) is 0 Å². The average Bonchev–Trinajstić information content (AvgIpc) is 2.40. The second kappa shape index (κ2) is 6.16. The lowest BCUT2D eigenvalue weighted by atomic mass is 10.1. The minimum absolute atomic E-state index is 0.176. The Labute approximate surface area is 116 Å². The largest absolute Gasteiger partial charge is 0.399 e. The fourth-order valence-electron chi connectivity index (χ4n) is 1.86. The predicted octanol–water partition coefficient (Wildman–Crippen LogP) is 2.81. The number of para-hydroxylation sites is 1. The Kier molecular flexibility index (Phi) is 4.32. The van der Waals surface area contributed by atoms with Crippen LogP contribution in [0.15, 0.2) is 42.5 Å². The molecule has 2 aromatic carbocycles. The van der Waals surface area contributed by atoms with Crippen LogP contribution in [0.25, 0.3) is 0 Å². The standard InChI is InChI=1S/C15H15FN2O2/c1-20-9-10-4-2-3-5-14(10)18-15(19)11-6-12(16)8-13(17)7-11/h2-8H,9,17H2,1H3,(H,18,19). The molecule has 0 bridgehead atoms. The van der Waals surface area contributed by atoms with Gasteiger partial charge in [0.15, 0.2) is 0 Å². The maximum Gasteiger partial charge on any atom is 0.255 e. The Morgan fingerprint density at radius 2 is 2.05 bits per heavy atom. The van der Waals surface area contributed by atoms with Crippen LogP contribution < -0.4 is 11.1 Å². The van der Waals surface area contributed by atoms with Gasteiger partial charge in [0.25, 0.3) is 5.91 Å². The number of nitrogens with one attached hydrogen (secondary N) is 1. The van der Waals surface area contributed by atoms with Crippen molar-refractivity contribution in [3.8, 4) is 0 Å². The highest BCUT2D eigenvalue weighted by molar-refractivity contribution is 6.05. The Morgan fingerprint density at radius 3 is 2.75 bits per heavy atom. The lowest BCUT2D eigenvalue weighted by molar-refractivity contribution is 0.102. The Morgan fingerprint density at radius 1 is 1.30 bits per heavy atom. The molecule has 4 nitrogen and oxygen atoms in total. The molecule has 0 saturated carbocycles. The van der Waals surface area contributed by atoms with E-state index < -0.39 is 11.7 Å². The minimum atomic E-state index is -0.541. The molecule has 0 radical (unpaired) electrons. The van der Waals surface area contributed by atoms with Gasteiger partial charge in [0.2, 0.25) is 0 Å². The Bertz CT molecular complexity index is 609. The summed E-state index contributed by atoms with van der Waals surface area (Å²) < 4.78 is 18.3. The third-order valence-corrected chi connectivity index (χ3v) is 2.75. The summed E-state index contributed by atoms with van der Waals surface area (Å²) in [6.07, 6.45) is 0. The van der Waals surface area contributed by atoms with E-state index in [1.54, 1.807) is 19.2 Å². The molecular formula is C15H15FN2O2. The van der Waals surface area contributed by atoms with Gasteiger partial charge in [-0.2, -0.15) is 0 Å². The predicted molar refractivity (Wildman–Crippen MR) is 75.9 cm³/mol. The Hall–Kier alpha value is -2.40. The van der Waals surface area contributed by atoms with Gasteiger partial charge in [0.1, 0.15) is 5.82 Å². The molecule has 0 atom stereocenters. The molecule has 20 heavy (non-hydrogen) atoms. The zero-order valence-corrected chi connectivity index (χ0v) is 11.0. The molecule has 1 amide bonds. The van der Waals surface area contributed by atoms with Crippen LogP contribution in [0.5, 0.6) is 0 Å². The highest BCUT2D eigenvalue weighted by Crippen LogP contribution is 2.18. The highest BCUT2D eigenvalue weighted by atomic mass is 19.1. The van der Waals surface area contributed by atoms with Gasteiger partial charge in [-0.3, -0.25) is 4.79 Å². The molecule has 0 heterocycles. The van der Waals surface area contributed by atoms with Crippen LogP contribution >= 0.6 is 0 Å². The summed E-state index contributed by atoms with van der Waals surface area (Å²) in [4.78, 5) is 12.1. The molecule has 0 aliphatic carbocycles. The summed E-state index contributed by atoms with van der Waals surface area (Å²) in [5.74, 6) is -0.958. The van der Waals surface area contributed by atoms with Crippen molar-refractivity contribution in [2.75, 3.05) is 18.2 Å². The number of nitrogens with two attached hydrogens (primary N) is 1. The summed E-state index contributed by atoms with van der Waals surface area (Å²) in [7, 11) is 1.58. The molecule has 0 unspecified atom stereocenters. The van der Waals surface area contributed by atoms with Crippen LogP contribution in [0, 0.1) is 5.82 Å². The number of anilines is 2. The van der Waals surface area contributed by atoms with E-state index in [1.807, 2.05) is 12.1 Å². The summed E-state index contributed by atoms with van der Waals surface area (Å²) >= 11 is 0. The van der Waals surface area contributed by atoms with Gasteiger partial charge in [0.05, 0.1) is 6.61 Å². The summed E-state index contributed by atoms with van der Waals surface area (Å²) in [6, 6.07) is 11.0. The van der Waals surface area contributed by atoms with Crippen LogP contribution in [0.4, 0.5) is 15.8 Å². The lowest BCUT2D eigenvalue weighted by Crippen LogP contribution is -2.14. The van der Waals surface area contributed by atoms with Crippen molar-refractivity contribution < 1.29 is 13.9 Å². The number of rotatable bonds is 4. The number of hydrogen-bond donors (Lipinski definition) is 2. The molecule has 0 fully saturated rings. The van der Waals surface area contributed by atoms with Gasteiger partial charge >= 0.3 is 0 Å². The number of ether oxygens (including phenoxy) is 1. The van der Waals surface area contributed by atoms with Gasteiger partial charge in [0, 0.05) is 29.6 Å². The zero-order chi connectivity index (χ0) is 14.5. The second-order valence-electron chi connectivity index (χ2n) is 4.32. The van der Waals surface area contributed by atoms with Crippen molar-refractivity contribution in [3.05, 3.63) is 59.4 Å². The maximum absolute atomic E-state index is 13.2. The lowest BCUT2D eigenvalue weighted by Gasteiger charge is -2.10. The van der Waals surface area contributed by atoms with E-state index in [4.69, 9.17) is 10.5 Å². The van der Waals surface area contributed by atoms with Crippen molar-refractivity contribution in [3.63, 3.8) is 0 Å². The van der Waals surface area contributed by atoms with Crippen molar-refractivity contribution >= 4 is 17.3 Å². The SMILES string of the molecule is COCc1ccccc1NC(=O)c1cc(N)cc(F)c1. The second-order valence-corrected chi connectivity index (χ2v) is 4.32. The van der Waals surface area contributed by atoms with Crippen LogP contribution in [0.3, 0.4) is 0 Å². The molecule has 0 aromatic heterocycles. The molecule has 0 aliphatic heterocycles. The monoisotopic (exact) mass is 274 g/mol. The maximum atomic E-state index is 13.2. The first-order chi connectivity index (χ1) is 9.60. The molecular weight excluding hydrogens is 259 g/mol. The van der Waals surface area contributed by atoms with Crippen molar-refractivity contribution in [2.45, 2.75) is 6.61 Å². The third kappa shape index (κ3) is 3.33. The number of carbonyl (C=O) groups excluding carboxylic acids is 1. The van der Waals surface area contributed by atoms with Gasteiger partial charge < -0.3 is 15.8 Å². The molecule has 0 aliphatic rings. The average molecular weight is 274 g/mol. The highest BCUT2D eigenvalue weighted by Gasteiger charge is 2.10. The summed E-state index contributed by atoms with van der Waals surface area (Å²) in [5, 5.41) is 2.72. The van der Waals surface area contributed by atoms with Gasteiger partial charge in [-0.25, -0.2) is 4.39 Å².